The van der Waals surface area contributed by atoms with Crippen molar-refractivity contribution >= 4 is 43.6 Å². The van der Waals surface area contributed by atoms with Crippen molar-refractivity contribution in [3.8, 4) is 56.7 Å². The molecule has 0 radical (unpaired) electrons. The Morgan fingerprint density at radius 3 is 1.55 bits per heavy atom. The molecule has 314 valence electrons. The Kier molecular flexibility index (Phi) is 8.83. The zero-order chi connectivity index (χ0) is 44.0. The molecule has 0 saturated carbocycles. The number of nitrogens with zero attached hydrogens (tertiary/aromatic N) is 5. The van der Waals surface area contributed by atoms with Crippen molar-refractivity contribution in [2.24, 2.45) is 5.92 Å². The Labute approximate surface area is 379 Å². The van der Waals surface area contributed by atoms with Crippen LogP contribution in [0.4, 0.5) is 0 Å². The maximum Gasteiger partial charge on any atom is 0.238 e. The summed E-state index contributed by atoms with van der Waals surface area (Å²) in [5.41, 5.74) is 15.6. The summed E-state index contributed by atoms with van der Waals surface area (Å²) in [6, 6.07) is 67.5. The fourth-order valence-electron chi connectivity index (χ4n) is 11.1. The van der Waals surface area contributed by atoms with E-state index in [9.17, 15) is 0 Å². The molecular formula is C60H49N5. The van der Waals surface area contributed by atoms with Crippen LogP contribution in [0.15, 0.2) is 188 Å². The zero-order valence-electron chi connectivity index (χ0n) is 37.4. The van der Waals surface area contributed by atoms with Gasteiger partial charge in [-0.15, -0.1) is 0 Å². The molecule has 1 unspecified atom stereocenters. The van der Waals surface area contributed by atoms with Crippen LogP contribution < -0.4 is 0 Å². The minimum absolute atomic E-state index is 0.0498. The van der Waals surface area contributed by atoms with Gasteiger partial charge in [-0.2, -0.15) is 9.97 Å². The van der Waals surface area contributed by atoms with E-state index in [-0.39, 0.29) is 10.8 Å². The Bertz CT molecular complexity index is 3570. The van der Waals surface area contributed by atoms with E-state index < -0.39 is 0 Å². The third-order valence-corrected chi connectivity index (χ3v) is 14.5. The highest BCUT2D eigenvalue weighted by atomic mass is 15.2. The SMILES string of the molecule is CC1CC(C)(C)c2cccc(-c3ccccc3-c3ccc(-n4c5ccccc5c5c6c7ccccc7n(-c7nc(-c8ccccc8)nc(-c8ccccc8)n7)c6ccc54)cc3)c2C1(C)C. The molecule has 3 aromatic heterocycles. The fraction of sp³-hybridized carbons (Fsp3) is 0.150. The Balaban J connectivity index is 1.03. The van der Waals surface area contributed by atoms with E-state index in [0.29, 0.717) is 23.5 Å². The van der Waals surface area contributed by atoms with Crippen molar-refractivity contribution in [3.63, 3.8) is 0 Å². The lowest BCUT2D eigenvalue weighted by Crippen LogP contribution is -2.40. The van der Waals surface area contributed by atoms with Crippen LogP contribution in [0.2, 0.25) is 0 Å². The summed E-state index contributed by atoms with van der Waals surface area (Å²) >= 11 is 0. The van der Waals surface area contributed by atoms with E-state index in [2.05, 4.69) is 195 Å². The molecule has 5 nitrogen and oxygen atoms in total. The number of hydrogen-bond acceptors (Lipinski definition) is 3. The van der Waals surface area contributed by atoms with Gasteiger partial charge in [-0.3, -0.25) is 4.57 Å². The van der Waals surface area contributed by atoms with Gasteiger partial charge < -0.3 is 4.57 Å². The quantitative estimate of drug-likeness (QED) is 0.168. The first-order chi connectivity index (χ1) is 31.7. The smallest absolute Gasteiger partial charge is 0.238 e. The van der Waals surface area contributed by atoms with E-state index in [1.165, 1.54) is 56.0 Å². The summed E-state index contributed by atoms with van der Waals surface area (Å²) < 4.78 is 4.64. The highest BCUT2D eigenvalue weighted by Gasteiger charge is 2.43. The van der Waals surface area contributed by atoms with Crippen molar-refractivity contribution < 1.29 is 0 Å². The molecule has 0 fully saturated rings. The van der Waals surface area contributed by atoms with E-state index >= 15 is 0 Å². The molecule has 11 aromatic rings. The highest BCUT2D eigenvalue weighted by Crippen LogP contribution is 2.53. The monoisotopic (exact) mass is 839 g/mol. The summed E-state index contributed by atoms with van der Waals surface area (Å²) in [5.74, 6) is 2.41. The standard InChI is InChI=1S/C60H49N5/c1-38-37-59(2,3)48-28-18-27-45(55(48)60(38,4)5)44-24-13-12-23-43(44)39-31-33-42(34-32-39)64-49-29-16-14-25-46(49)53-51(64)35-36-52-54(53)47-26-15-17-30-50(47)65(52)58-62-56(40-19-8-6-9-20-40)61-57(63-58)41-21-10-7-11-22-41/h6-36,38H,37H2,1-5H3. The second-order valence-corrected chi connectivity index (χ2v) is 19.1. The van der Waals surface area contributed by atoms with Crippen molar-refractivity contribution in [2.45, 2.75) is 51.9 Å². The average Bonchev–Trinajstić information content (AvgIpc) is 3.87. The molecule has 1 aliphatic carbocycles. The van der Waals surface area contributed by atoms with Gasteiger partial charge in [-0.05, 0) is 92.9 Å². The average molecular weight is 840 g/mol. The lowest BCUT2D eigenvalue weighted by atomic mass is 9.57. The normalized spacial score (nSPS) is 15.5. The molecule has 0 N–H and O–H groups in total. The van der Waals surface area contributed by atoms with Crippen LogP contribution >= 0.6 is 0 Å². The molecule has 8 aromatic carbocycles. The van der Waals surface area contributed by atoms with Gasteiger partial charge in [-0.1, -0.05) is 186 Å². The van der Waals surface area contributed by atoms with Crippen molar-refractivity contribution in [1.29, 1.82) is 0 Å². The lowest BCUT2D eigenvalue weighted by Gasteiger charge is -2.47. The van der Waals surface area contributed by atoms with Crippen LogP contribution in [-0.4, -0.2) is 24.1 Å². The van der Waals surface area contributed by atoms with Crippen LogP contribution in [0.25, 0.3) is 100 Å². The second-order valence-electron chi connectivity index (χ2n) is 19.1. The summed E-state index contributed by atoms with van der Waals surface area (Å²) in [6.45, 7) is 12.2. The van der Waals surface area contributed by atoms with Crippen molar-refractivity contribution in [3.05, 3.63) is 199 Å². The molecule has 0 spiro atoms. The molecule has 3 heterocycles. The minimum Gasteiger partial charge on any atom is -0.309 e. The molecule has 5 heteroatoms. The molecule has 1 aliphatic rings. The Hall–Kier alpha value is -7.63. The Morgan fingerprint density at radius 2 is 0.938 bits per heavy atom. The van der Waals surface area contributed by atoms with Crippen LogP contribution in [0.3, 0.4) is 0 Å². The predicted molar refractivity (Wildman–Crippen MR) is 270 cm³/mol. The number of rotatable bonds is 6. The van der Waals surface area contributed by atoms with E-state index in [4.69, 9.17) is 15.0 Å². The number of fused-ring (bicyclic) bond motifs is 8. The van der Waals surface area contributed by atoms with Gasteiger partial charge in [0.2, 0.25) is 5.95 Å². The van der Waals surface area contributed by atoms with Crippen LogP contribution in [0.5, 0.6) is 0 Å². The van der Waals surface area contributed by atoms with E-state index in [0.717, 1.165) is 44.3 Å². The molecule has 0 saturated heterocycles. The Morgan fingerprint density at radius 1 is 0.431 bits per heavy atom. The number of hydrogen-bond donors (Lipinski definition) is 0. The maximum absolute atomic E-state index is 5.20. The van der Waals surface area contributed by atoms with Crippen LogP contribution in [-0.2, 0) is 10.8 Å². The van der Waals surface area contributed by atoms with Crippen molar-refractivity contribution in [2.75, 3.05) is 0 Å². The molecule has 0 aliphatic heterocycles. The largest absolute Gasteiger partial charge is 0.309 e. The first-order valence-corrected chi connectivity index (χ1v) is 22.8. The van der Waals surface area contributed by atoms with Crippen LogP contribution in [0.1, 0.15) is 52.2 Å². The van der Waals surface area contributed by atoms with Gasteiger partial charge >= 0.3 is 0 Å². The van der Waals surface area contributed by atoms with Gasteiger partial charge in [-0.25, -0.2) is 4.98 Å². The fourth-order valence-corrected chi connectivity index (χ4v) is 11.1. The van der Waals surface area contributed by atoms with Gasteiger partial charge in [0.05, 0.1) is 22.1 Å². The summed E-state index contributed by atoms with van der Waals surface area (Å²) in [4.78, 5) is 15.4. The van der Waals surface area contributed by atoms with Crippen LogP contribution in [0, 0.1) is 5.92 Å². The maximum atomic E-state index is 5.20. The summed E-state index contributed by atoms with van der Waals surface area (Å²) in [5, 5.41) is 4.73. The van der Waals surface area contributed by atoms with E-state index in [1.807, 2.05) is 36.4 Å². The summed E-state index contributed by atoms with van der Waals surface area (Å²) in [7, 11) is 0. The number of benzene rings is 8. The van der Waals surface area contributed by atoms with Gasteiger partial charge in [0.1, 0.15) is 0 Å². The molecular weight excluding hydrogens is 791 g/mol. The molecule has 0 amide bonds. The topological polar surface area (TPSA) is 48.5 Å². The first kappa shape index (κ1) is 39.0. The van der Waals surface area contributed by atoms with Gasteiger partial charge in [0.15, 0.2) is 11.6 Å². The number of para-hydroxylation sites is 2. The molecule has 0 bridgehead atoms. The second kappa shape index (κ2) is 14.7. The molecule has 65 heavy (non-hydrogen) atoms. The zero-order valence-corrected chi connectivity index (χ0v) is 37.4. The number of aromatic nitrogens is 5. The van der Waals surface area contributed by atoms with Gasteiger partial charge in [0, 0.05) is 38.4 Å². The highest BCUT2D eigenvalue weighted by molar-refractivity contribution is 6.28. The molecule has 1 atom stereocenters. The third kappa shape index (κ3) is 6.09. The van der Waals surface area contributed by atoms with Gasteiger partial charge in [0.25, 0.3) is 0 Å². The first-order valence-electron chi connectivity index (χ1n) is 22.8. The van der Waals surface area contributed by atoms with E-state index in [1.54, 1.807) is 0 Å². The predicted octanol–water partition coefficient (Wildman–Crippen LogP) is 15.3. The summed E-state index contributed by atoms with van der Waals surface area (Å²) in [6.07, 6.45) is 1.18. The van der Waals surface area contributed by atoms with Crippen molar-refractivity contribution in [1.82, 2.24) is 24.1 Å². The molecule has 12 rings (SSSR count). The third-order valence-electron chi connectivity index (χ3n) is 14.5. The minimum atomic E-state index is 0.0498. The lowest BCUT2D eigenvalue weighted by molar-refractivity contribution is 0.234.